The highest BCUT2D eigenvalue weighted by Gasteiger charge is 2.31. The van der Waals surface area contributed by atoms with E-state index >= 15 is 0 Å². The number of aliphatic carboxylic acids is 1. The molecule has 0 spiro atoms. The van der Waals surface area contributed by atoms with E-state index in [0.717, 1.165) is 5.56 Å². The number of hydrogen-bond acceptors (Lipinski definition) is 2. The van der Waals surface area contributed by atoms with E-state index in [4.69, 9.17) is 5.11 Å². The zero-order valence-corrected chi connectivity index (χ0v) is 11.7. The normalized spacial score (nSPS) is 11.1. The van der Waals surface area contributed by atoms with Crippen LogP contribution in [0.15, 0.2) is 30.3 Å². The second kappa shape index (κ2) is 6.36. The third-order valence-electron chi connectivity index (χ3n) is 3.26. The molecule has 0 saturated heterocycles. The number of carbonyl (C=O) groups excluding carboxylic acids is 1. The minimum atomic E-state index is -0.830. The van der Waals surface area contributed by atoms with Crippen molar-refractivity contribution in [2.45, 2.75) is 32.1 Å². The van der Waals surface area contributed by atoms with E-state index in [-0.39, 0.29) is 12.3 Å². The van der Waals surface area contributed by atoms with Gasteiger partial charge in [-0.15, -0.1) is 0 Å². The highest BCUT2D eigenvalue weighted by molar-refractivity contribution is 5.87. The first kappa shape index (κ1) is 15.2. The number of hydrogen-bond donors (Lipinski definition) is 1. The van der Waals surface area contributed by atoms with Crippen LogP contribution in [-0.2, 0) is 15.0 Å². The number of amides is 1. The molecule has 0 aliphatic heterocycles. The van der Waals surface area contributed by atoms with Crippen LogP contribution in [0.4, 0.5) is 0 Å². The van der Waals surface area contributed by atoms with Crippen molar-refractivity contribution in [1.82, 2.24) is 4.90 Å². The first-order chi connectivity index (χ1) is 8.85. The zero-order valence-electron chi connectivity index (χ0n) is 11.7. The molecule has 1 N–H and O–H groups in total. The van der Waals surface area contributed by atoms with Crippen molar-refractivity contribution < 1.29 is 14.7 Å². The molecule has 0 heterocycles. The summed E-state index contributed by atoms with van der Waals surface area (Å²) >= 11 is 0. The lowest BCUT2D eigenvalue weighted by molar-refractivity contribution is -0.139. The SMILES string of the molecule is CN(CCCC(=O)O)C(=O)C(C)(C)c1ccccc1. The molecule has 0 aromatic heterocycles. The molecule has 1 rings (SSSR count). The molecule has 0 atom stereocenters. The van der Waals surface area contributed by atoms with Gasteiger partial charge in [0.15, 0.2) is 0 Å². The summed E-state index contributed by atoms with van der Waals surface area (Å²) in [7, 11) is 1.72. The van der Waals surface area contributed by atoms with Gasteiger partial charge in [-0.1, -0.05) is 30.3 Å². The van der Waals surface area contributed by atoms with Crippen LogP contribution in [0.2, 0.25) is 0 Å². The fraction of sp³-hybridized carbons (Fsp3) is 0.467. The maximum atomic E-state index is 12.4. The molecular formula is C15H21NO3. The van der Waals surface area contributed by atoms with Gasteiger partial charge in [-0.3, -0.25) is 9.59 Å². The van der Waals surface area contributed by atoms with Crippen LogP contribution in [0.1, 0.15) is 32.3 Å². The molecular weight excluding hydrogens is 242 g/mol. The standard InChI is InChI=1S/C15H21NO3/c1-15(2,12-8-5-4-6-9-12)14(19)16(3)11-7-10-13(17)18/h4-6,8-9H,7,10-11H2,1-3H3,(H,17,18). The number of carbonyl (C=O) groups is 2. The Labute approximate surface area is 114 Å². The van der Waals surface area contributed by atoms with Crippen molar-refractivity contribution in [3.8, 4) is 0 Å². The van der Waals surface area contributed by atoms with Crippen molar-refractivity contribution >= 4 is 11.9 Å². The maximum Gasteiger partial charge on any atom is 0.303 e. The van der Waals surface area contributed by atoms with Crippen LogP contribution in [0.25, 0.3) is 0 Å². The van der Waals surface area contributed by atoms with Crippen molar-refractivity contribution in [3.05, 3.63) is 35.9 Å². The van der Waals surface area contributed by atoms with E-state index in [1.165, 1.54) is 0 Å². The number of carboxylic acids is 1. The van der Waals surface area contributed by atoms with Gasteiger partial charge < -0.3 is 10.0 Å². The first-order valence-electron chi connectivity index (χ1n) is 6.38. The van der Waals surface area contributed by atoms with E-state index in [0.29, 0.717) is 13.0 Å². The first-order valence-corrected chi connectivity index (χ1v) is 6.38. The number of benzene rings is 1. The van der Waals surface area contributed by atoms with Crippen molar-refractivity contribution in [2.75, 3.05) is 13.6 Å². The molecule has 4 heteroatoms. The molecule has 0 fully saturated rings. The van der Waals surface area contributed by atoms with E-state index in [2.05, 4.69) is 0 Å². The molecule has 1 amide bonds. The maximum absolute atomic E-state index is 12.4. The largest absolute Gasteiger partial charge is 0.481 e. The third-order valence-corrected chi connectivity index (χ3v) is 3.26. The highest BCUT2D eigenvalue weighted by Crippen LogP contribution is 2.25. The summed E-state index contributed by atoms with van der Waals surface area (Å²) in [5.41, 5.74) is 0.365. The Kier molecular flexibility index (Phi) is 5.10. The summed E-state index contributed by atoms with van der Waals surface area (Å²) in [5.74, 6) is -0.827. The van der Waals surface area contributed by atoms with Crippen LogP contribution >= 0.6 is 0 Å². The monoisotopic (exact) mass is 263 g/mol. The Morgan fingerprint density at radius 1 is 1.21 bits per heavy atom. The Morgan fingerprint density at radius 2 is 1.79 bits per heavy atom. The molecule has 0 bridgehead atoms. The molecule has 1 aromatic carbocycles. The Bertz CT molecular complexity index is 440. The molecule has 1 aromatic rings. The zero-order chi connectivity index (χ0) is 14.5. The quantitative estimate of drug-likeness (QED) is 0.856. The van der Waals surface area contributed by atoms with Gasteiger partial charge in [-0.05, 0) is 25.8 Å². The van der Waals surface area contributed by atoms with Crippen LogP contribution in [0.5, 0.6) is 0 Å². The Morgan fingerprint density at radius 3 is 2.32 bits per heavy atom. The van der Waals surface area contributed by atoms with Gasteiger partial charge in [0.05, 0.1) is 5.41 Å². The second-order valence-electron chi connectivity index (χ2n) is 5.22. The average Bonchev–Trinajstić information content (AvgIpc) is 2.38. The van der Waals surface area contributed by atoms with Crippen LogP contribution in [-0.4, -0.2) is 35.5 Å². The van der Waals surface area contributed by atoms with Crippen LogP contribution in [0.3, 0.4) is 0 Å². The average molecular weight is 263 g/mol. The second-order valence-corrected chi connectivity index (χ2v) is 5.22. The summed E-state index contributed by atoms with van der Waals surface area (Å²) in [5, 5.41) is 8.60. The molecule has 19 heavy (non-hydrogen) atoms. The van der Waals surface area contributed by atoms with Gasteiger partial charge in [0.2, 0.25) is 5.91 Å². The van der Waals surface area contributed by atoms with Gasteiger partial charge in [0.1, 0.15) is 0 Å². The number of likely N-dealkylation sites (N-methyl/N-ethyl adjacent to an activating group) is 1. The molecule has 0 unspecified atom stereocenters. The summed E-state index contributed by atoms with van der Waals surface area (Å²) in [6, 6.07) is 9.61. The van der Waals surface area contributed by atoms with Gasteiger partial charge in [0.25, 0.3) is 0 Å². The lowest BCUT2D eigenvalue weighted by Gasteiger charge is -2.29. The van der Waals surface area contributed by atoms with Crippen molar-refractivity contribution in [2.24, 2.45) is 0 Å². The molecule has 0 aliphatic rings. The smallest absolute Gasteiger partial charge is 0.303 e. The van der Waals surface area contributed by atoms with E-state index in [1.54, 1.807) is 11.9 Å². The lowest BCUT2D eigenvalue weighted by atomic mass is 9.83. The van der Waals surface area contributed by atoms with E-state index < -0.39 is 11.4 Å². The fourth-order valence-corrected chi connectivity index (χ4v) is 2.02. The van der Waals surface area contributed by atoms with Gasteiger partial charge >= 0.3 is 5.97 Å². The molecule has 4 nitrogen and oxygen atoms in total. The molecule has 0 aliphatic carbocycles. The number of nitrogens with zero attached hydrogens (tertiary/aromatic N) is 1. The molecule has 0 radical (unpaired) electrons. The molecule has 0 saturated carbocycles. The van der Waals surface area contributed by atoms with Crippen molar-refractivity contribution in [1.29, 1.82) is 0 Å². The van der Waals surface area contributed by atoms with Gasteiger partial charge in [-0.25, -0.2) is 0 Å². The Balaban J connectivity index is 2.67. The van der Waals surface area contributed by atoms with Crippen LogP contribution in [0, 0.1) is 0 Å². The fourth-order valence-electron chi connectivity index (χ4n) is 2.02. The predicted octanol–water partition coefficient (Wildman–Crippen LogP) is 2.29. The van der Waals surface area contributed by atoms with E-state index in [9.17, 15) is 9.59 Å². The summed E-state index contributed by atoms with van der Waals surface area (Å²) < 4.78 is 0. The predicted molar refractivity (Wildman–Crippen MR) is 74.0 cm³/mol. The van der Waals surface area contributed by atoms with Gasteiger partial charge in [-0.2, -0.15) is 0 Å². The number of rotatable bonds is 6. The summed E-state index contributed by atoms with van der Waals surface area (Å²) in [6.07, 6.45) is 0.561. The Hall–Kier alpha value is -1.84. The molecule has 104 valence electrons. The van der Waals surface area contributed by atoms with Crippen molar-refractivity contribution in [3.63, 3.8) is 0 Å². The topological polar surface area (TPSA) is 57.6 Å². The van der Waals surface area contributed by atoms with Gasteiger partial charge in [0, 0.05) is 20.0 Å². The summed E-state index contributed by atoms with van der Waals surface area (Å²) in [6.45, 7) is 4.23. The van der Waals surface area contributed by atoms with Crippen LogP contribution < -0.4 is 0 Å². The highest BCUT2D eigenvalue weighted by atomic mass is 16.4. The number of carboxylic acid groups (broad SMARTS) is 1. The lowest BCUT2D eigenvalue weighted by Crippen LogP contribution is -2.41. The van der Waals surface area contributed by atoms with E-state index in [1.807, 2.05) is 44.2 Å². The minimum absolute atomic E-state index is 0.00379. The summed E-state index contributed by atoms with van der Waals surface area (Å²) in [4.78, 5) is 24.5. The minimum Gasteiger partial charge on any atom is -0.481 e. The third kappa shape index (κ3) is 4.09.